The zero-order valence-electron chi connectivity index (χ0n) is 13.3. The molecule has 118 valence electrons. The summed E-state index contributed by atoms with van der Waals surface area (Å²) in [6.45, 7) is 3.95. The van der Waals surface area contributed by atoms with E-state index < -0.39 is 0 Å². The van der Waals surface area contributed by atoms with Gasteiger partial charge in [-0.3, -0.25) is 9.48 Å². The first-order chi connectivity index (χ1) is 11.0. The molecule has 3 aromatic rings. The van der Waals surface area contributed by atoms with Crippen molar-refractivity contribution in [1.82, 2.24) is 14.8 Å². The van der Waals surface area contributed by atoms with Crippen molar-refractivity contribution >= 4 is 23.1 Å². The highest BCUT2D eigenvalue weighted by molar-refractivity contribution is 7.13. The number of carbonyl (C=O) groups is 1. The van der Waals surface area contributed by atoms with Crippen LogP contribution in [0.4, 0.5) is 5.82 Å². The summed E-state index contributed by atoms with van der Waals surface area (Å²) >= 11 is 1.56. The van der Waals surface area contributed by atoms with Crippen LogP contribution in [-0.2, 0) is 18.3 Å². The third kappa shape index (κ3) is 3.65. The molecule has 0 aliphatic heterocycles. The fourth-order valence-electron chi connectivity index (χ4n) is 2.30. The summed E-state index contributed by atoms with van der Waals surface area (Å²) in [4.78, 5) is 16.7. The number of amides is 1. The molecule has 2 heterocycles. The van der Waals surface area contributed by atoms with Gasteiger partial charge in [0.25, 0.3) is 0 Å². The SMILES string of the molecule is Cc1ccc(-c2nc(CC(=O)Nc3cc(C)nn3C)cs2)cc1. The van der Waals surface area contributed by atoms with E-state index in [2.05, 4.69) is 46.6 Å². The second-order valence-electron chi connectivity index (χ2n) is 5.53. The van der Waals surface area contributed by atoms with Crippen molar-refractivity contribution in [2.24, 2.45) is 7.05 Å². The topological polar surface area (TPSA) is 59.8 Å². The molecule has 0 saturated carbocycles. The average molecular weight is 326 g/mol. The number of nitrogens with one attached hydrogen (secondary N) is 1. The highest BCUT2D eigenvalue weighted by Crippen LogP contribution is 2.24. The molecule has 0 spiro atoms. The molecule has 0 unspecified atom stereocenters. The number of rotatable bonds is 4. The fourth-order valence-corrected chi connectivity index (χ4v) is 3.12. The van der Waals surface area contributed by atoms with Crippen LogP contribution in [0.15, 0.2) is 35.7 Å². The van der Waals surface area contributed by atoms with Crippen molar-refractivity contribution in [3.8, 4) is 10.6 Å². The van der Waals surface area contributed by atoms with Gasteiger partial charge in [-0.25, -0.2) is 4.98 Å². The maximum Gasteiger partial charge on any atom is 0.231 e. The van der Waals surface area contributed by atoms with E-state index in [9.17, 15) is 4.79 Å². The Morgan fingerprint density at radius 2 is 2.00 bits per heavy atom. The third-order valence-electron chi connectivity index (χ3n) is 3.46. The minimum atomic E-state index is -0.0891. The first-order valence-electron chi connectivity index (χ1n) is 7.33. The molecule has 2 aromatic heterocycles. The predicted molar refractivity (Wildman–Crippen MR) is 92.6 cm³/mol. The first-order valence-corrected chi connectivity index (χ1v) is 8.21. The van der Waals surface area contributed by atoms with Crippen LogP contribution in [0.5, 0.6) is 0 Å². The maximum absolute atomic E-state index is 12.1. The van der Waals surface area contributed by atoms with Gasteiger partial charge in [0.1, 0.15) is 10.8 Å². The summed E-state index contributed by atoms with van der Waals surface area (Å²) in [5, 5.41) is 9.94. The average Bonchev–Trinajstić information content (AvgIpc) is 3.07. The molecule has 3 rings (SSSR count). The van der Waals surface area contributed by atoms with Gasteiger partial charge in [0, 0.05) is 24.1 Å². The molecule has 0 atom stereocenters. The lowest BCUT2D eigenvalue weighted by molar-refractivity contribution is -0.115. The summed E-state index contributed by atoms with van der Waals surface area (Å²) < 4.78 is 1.66. The highest BCUT2D eigenvalue weighted by Gasteiger charge is 2.11. The standard InChI is InChI=1S/C17H18N4OS/c1-11-4-6-13(7-5-11)17-18-14(10-23-17)9-16(22)19-15-8-12(2)20-21(15)3/h4-8,10H,9H2,1-3H3,(H,19,22). The Labute approximate surface area is 139 Å². The van der Waals surface area contributed by atoms with Gasteiger partial charge in [0.15, 0.2) is 0 Å². The number of nitrogens with zero attached hydrogens (tertiary/aromatic N) is 3. The number of aryl methyl sites for hydroxylation is 3. The third-order valence-corrected chi connectivity index (χ3v) is 4.40. The zero-order chi connectivity index (χ0) is 16.4. The Hall–Kier alpha value is -2.47. The Morgan fingerprint density at radius 1 is 1.26 bits per heavy atom. The Kier molecular flexibility index (Phi) is 4.25. The number of thiazole rings is 1. The second kappa shape index (κ2) is 6.34. The van der Waals surface area contributed by atoms with E-state index in [1.807, 2.05) is 18.4 Å². The molecule has 1 N–H and O–H groups in total. The molecule has 1 amide bonds. The molecule has 6 heteroatoms. The molecule has 1 aromatic carbocycles. The van der Waals surface area contributed by atoms with E-state index in [4.69, 9.17) is 0 Å². The molecule has 0 saturated heterocycles. The van der Waals surface area contributed by atoms with E-state index >= 15 is 0 Å². The fraction of sp³-hybridized carbons (Fsp3) is 0.235. The molecular formula is C17H18N4OS. The van der Waals surface area contributed by atoms with Gasteiger partial charge in [-0.2, -0.15) is 5.10 Å². The molecule has 0 aliphatic rings. The Morgan fingerprint density at radius 3 is 2.65 bits per heavy atom. The lowest BCUT2D eigenvalue weighted by Gasteiger charge is -2.03. The van der Waals surface area contributed by atoms with Crippen molar-refractivity contribution in [2.75, 3.05) is 5.32 Å². The van der Waals surface area contributed by atoms with Crippen molar-refractivity contribution in [3.05, 3.63) is 52.7 Å². The largest absolute Gasteiger partial charge is 0.311 e. The molecular weight excluding hydrogens is 308 g/mol. The molecule has 0 bridgehead atoms. The monoisotopic (exact) mass is 326 g/mol. The number of benzene rings is 1. The number of hydrogen-bond donors (Lipinski definition) is 1. The second-order valence-corrected chi connectivity index (χ2v) is 6.39. The van der Waals surface area contributed by atoms with Crippen LogP contribution in [0, 0.1) is 13.8 Å². The van der Waals surface area contributed by atoms with Gasteiger partial charge in [0.2, 0.25) is 5.91 Å². The van der Waals surface area contributed by atoms with E-state index in [0.29, 0.717) is 5.82 Å². The predicted octanol–water partition coefficient (Wildman–Crippen LogP) is 3.34. The minimum Gasteiger partial charge on any atom is -0.311 e. The van der Waals surface area contributed by atoms with Crippen LogP contribution >= 0.6 is 11.3 Å². The zero-order valence-corrected chi connectivity index (χ0v) is 14.1. The van der Waals surface area contributed by atoms with Crippen LogP contribution in [0.3, 0.4) is 0 Å². The van der Waals surface area contributed by atoms with Gasteiger partial charge in [-0.15, -0.1) is 11.3 Å². The summed E-state index contributed by atoms with van der Waals surface area (Å²) in [7, 11) is 1.81. The number of anilines is 1. The summed E-state index contributed by atoms with van der Waals surface area (Å²) in [6.07, 6.45) is 0.257. The van der Waals surface area contributed by atoms with Crippen LogP contribution < -0.4 is 5.32 Å². The van der Waals surface area contributed by atoms with Crippen LogP contribution in [0.2, 0.25) is 0 Å². The summed E-state index contributed by atoms with van der Waals surface area (Å²) in [6, 6.07) is 10.1. The molecule has 0 aliphatic carbocycles. The smallest absolute Gasteiger partial charge is 0.231 e. The van der Waals surface area contributed by atoms with Crippen LogP contribution in [0.25, 0.3) is 10.6 Å². The Balaban J connectivity index is 1.68. The number of carbonyl (C=O) groups excluding carboxylic acids is 1. The number of hydrogen-bond acceptors (Lipinski definition) is 4. The summed E-state index contributed by atoms with van der Waals surface area (Å²) in [5.41, 5.74) is 3.95. The highest BCUT2D eigenvalue weighted by atomic mass is 32.1. The van der Waals surface area contributed by atoms with Gasteiger partial charge in [-0.05, 0) is 13.8 Å². The lowest BCUT2D eigenvalue weighted by atomic mass is 10.2. The normalized spacial score (nSPS) is 10.7. The molecule has 23 heavy (non-hydrogen) atoms. The van der Waals surface area contributed by atoms with Crippen LogP contribution in [0.1, 0.15) is 17.0 Å². The van der Waals surface area contributed by atoms with E-state index in [1.165, 1.54) is 5.56 Å². The van der Waals surface area contributed by atoms with Gasteiger partial charge in [-0.1, -0.05) is 29.8 Å². The van der Waals surface area contributed by atoms with E-state index in [1.54, 1.807) is 23.1 Å². The Bertz CT molecular complexity index is 833. The maximum atomic E-state index is 12.1. The van der Waals surface area contributed by atoms with Gasteiger partial charge < -0.3 is 5.32 Å². The molecule has 0 fully saturated rings. The van der Waals surface area contributed by atoms with Crippen molar-refractivity contribution in [1.29, 1.82) is 0 Å². The van der Waals surface area contributed by atoms with Crippen molar-refractivity contribution < 1.29 is 4.79 Å². The minimum absolute atomic E-state index is 0.0891. The van der Waals surface area contributed by atoms with Gasteiger partial charge >= 0.3 is 0 Å². The summed E-state index contributed by atoms with van der Waals surface area (Å²) in [5.74, 6) is 0.607. The molecule has 0 radical (unpaired) electrons. The lowest BCUT2D eigenvalue weighted by Crippen LogP contribution is -2.16. The quantitative estimate of drug-likeness (QED) is 0.800. The van der Waals surface area contributed by atoms with Crippen molar-refractivity contribution in [3.63, 3.8) is 0 Å². The van der Waals surface area contributed by atoms with E-state index in [0.717, 1.165) is 22.0 Å². The van der Waals surface area contributed by atoms with Crippen molar-refractivity contribution in [2.45, 2.75) is 20.3 Å². The molecule has 5 nitrogen and oxygen atoms in total. The first kappa shape index (κ1) is 15.4. The number of aromatic nitrogens is 3. The van der Waals surface area contributed by atoms with Gasteiger partial charge in [0.05, 0.1) is 17.8 Å². The van der Waals surface area contributed by atoms with Crippen LogP contribution in [-0.4, -0.2) is 20.7 Å². The van der Waals surface area contributed by atoms with E-state index in [-0.39, 0.29) is 12.3 Å².